The lowest BCUT2D eigenvalue weighted by Gasteiger charge is -2.54. The maximum Gasteiger partial charge on any atom is 0.262 e. The summed E-state index contributed by atoms with van der Waals surface area (Å²) in [4.78, 5) is 4.04. The highest BCUT2D eigenvalue weighted by Gasteiger charge is 2.50. The van der Waals surface area contributed by atoms with E-state index in [0.717, 1.165) is 0 Å². The molecule has 3 aliphatic heterocycles. The van der Waals surface area contributed by atoms with E-state index in [-0.39, 0.29) is 17.1 Å². The van der Waals surface area contributed by atoms with Crippen LogP contribution >= 0.6 is 0 Å². The number of imidazole rings is 1. The molecule has 4 heterocycles. The van der Waals surface area contributed by atoms with E-state index >= 15 is 0 Å². The zero-order valence-electron chi connectivity index (χ0n) is 16.5. The average molecular weight is 409 g/mol. The van der Waals surface area contributed by atoms with Crippen LogP contribution in [0, 0.1) is 6.92 Å². The van der Waals surface area contributed by atoms with E-state index in [4.69, 9.17) is 0 Å². The second kappa shape index (κ2) is 6.79. The van der Waals surface area contributed by atoms with Crippen LogP contribution in [0.1, 0.15) is 17.0 Å². The fourth-order valence-corrected chi connectivity index (χ4v) is 6.04. The van der Waals surface area contributed by atoms with Crippen molar-refractivity contribution in [3.63, 3.8) is 0 Å². The molecule has 150 valence electrons. The van der Waals surface area contributed by atoms with Crippen LogP contribution in [0.4, 0.5) is 0 Å². The molecule has 6 nitrogen and oxygen atoms in total. The topological polar surface area (TPSA) is 67.2 Å². The van der Waals surface area contributed by atoms with Crippen LogP contribution in [0.15, 0.2) is 66.1 Å². The highest BCUT2D eigenvalue weighted by molar-refractivity contribution is 7.89. The summed E-state index contributed by atoms with van der Waals surface area (Å²) in [6.07, 6.45) is 3.08. The maximum absolute atomic E-state index is 12.9. The second-order valence-electron chi connectivity index (χ2n) is 8.04. The molecule has 3 saturated heterocycles. The summed E-state index contributed by atoms with van der Waals surface area (Å²) in [5.74, 6) is 0.344. The van der Waals surface area contributed by atoms with Gasteiger partial charge in [-0.25, -0.2) is 13.4 Å². The molecular formula is C22H24N4O2S. The minimum absolute atomic E-state index is 0.125. The van der Waals surface area contributed by atoms with Gasteiger partial charge in [0.1, 0.15) is 0 Å². The molecular weight excluding hydrogens is 384 g/mol. The zero-order valence-corrected chi connectivity index (χ0v) is 17.3. The van der Waals surface area contributed by atoms with Gasteiger partial charge in [0.15, 0.2) is 5.03 Å². The van der Waals surface area contributed by atoms with Crippen molar-refractivity contribution in [3.8, 4) is 11.1 Å². The molecule has 1 aromatic heterocycles. The Morgan fingerprint density at radius 1 is 1.03 bits per heavy atom. The van der Waals surface area contributed by atoms with Crippen LogP contribution in [0.2, 0.25) is 0 Å². The Labute approximate surface area is 171 Å². The maximum atomic E-state index is 12.9. The number of benzene rings is 2. The molecule has 3 fully saturated rings. The first kappa shape index (κ1) is 18.5. The molecule has 0 saturated carbocycles. The molecule has 0 amide bonds. The van der Waals surface area contributed by atoms with Gasteiger partial charge in [0, 0.05) is 44.3 Å². The number of hydrogen-bond acceptors (Lipinski definition) is 4. The standard InChI is InChI=1S/C22H24N4O2S/c1-15-5-3-4-6-18(15)16-7-9-17(10-8-16)22-19-11-26(12-20(22)24-19)29(27,28)21-13-25(2)14-23-21/h3-10,13-14,19-20,22,24H,11-12H2,1-2H3. The van der Waals surface area contributed by atoms with E-state index in [2.05, 4.69) is 65.8 Å². The Bertz CT molecular complexity index is 1140. The van der Waals surface area contributed by atoms with Crippen molar-refractivity contribution in [1.82, 2.24) is 19.2 Å². The second-order valence-corrected chi connectivity index (χ2v) is 9.93. The van der Waals surface area contributed by atoms with Crippen molar-refractivity contribution in [1.29, 1.82) is 0 Å². The molecule has 0 aliphatic carbocycles. The Morgan fingerprint density at radius 2 is 1.72 bits per heavy atom. The summed E-state index contributed by atoms with van der Waals surface area (Å²) in [6, 6.07) is 17.4. The molecule has 1 N–H and O–H groups in total. The van der Waals surface area contributed by atoms with Gasteiger partial charge in [-0.2, -0.15) is 4.31 Å². The Morgan fingerprint density at radius 3 is 2.34 bits per heavy atom. The van der Waals surface area contributed by atoms with Crippen LogP contribution in [-0.4, -0.2) is 47.4 Å². The zero-order chi connectivity index (χ0) is 20.2. The van der Waals surface area contributed by atoms with Crippen LogP contribution in [-0.2, 0) is 17.1 Å². The first-order valence-corrected chi connectivity index (χ1v) is 11.3. The SMILES string of the molecule is Cc1ccccc1-c1ccc(C2C3CN(S(=O)(=O)c4cn(C)cn4)CC2N3)cc1. The smallest absolute Gasteiger partial charge is 0.262 e. The van der Waals surface area contributed by atoms with E-state index in [1.54, 1.807) is 22.1 Å². The fraction of sp³-hybridized carbons (Fsp3) is 0.318. The lowest BCUT2D eigenvalue weighted by Crippen LogP contribution is -2.72. The number of hydrogen-bond donors (Lipinski definition) is 1. The number of piperazine rings is 1. The summed E-state index contributed by atoms with van der Waals surface area (Å²) < 4.78 is 29.0. The molecule has 3 aliphatic rings. The summed E-state index contributed by atoms with van der Waals surface area (Å²) in [5.41, 5.74) is 4.99. The quantitative estimate of drug-likeness (QED) is 0.720. The highest BCUT2D eigenvalue weighted by Crippen LogP contribution is 2.39. The Kier molecular flexibility index (Phi) is 4.34. The fourth-order valence-electron chi connectivity index (χ4n) is 4.59. The summed E-state index contributed by atoms with van der Waals surface area (Å²) in [7, 11) is -1.76. The molecule has 2 unspecified atom stereocenters. The van der Waals surface area contributed by atoms with E-state index in [1.165, 1.54) is 28.6 Å². The molecule has 7 heteroatoms. The molecule has 2 aromatic carbocycles. The van der Waals surface area contributed by atoms with E-state index < -0.39 is 10.0 Å². The van der Waals surface area contributed by atoms with Gasteiger partial charge >= 0.3 is 0 Å². The molecule has 0 spiro atoms. The molecule has 0 radical (unpaired) electrons. The van der Waals surface area contributed by atoms with Gasteiger partial charge in [-0.15, -0.1) is 0 Å². The minimum atomic E-state index is -3.54. The Hall–Kier alpha value is -2.48. The lowest BCUT2D eigenvalue weighted by atomic mass is 9.75. The molecule has 3 aromatic rings. The van der Waals surface area contributed by atoms with Gasteiger partial charge in [-0.3, -0.25) is 0 Å². The number of piperidine rings is 1. The van der Waals surface area contributed by atoms with Crippen molar-refractivity contribution >= 4 is 10.0 Å². The number of sulfonamides is 1. The number of nitrogens with zero attached hydrogens (tertiary/aromatic N) is 3. The van der Waals surface area contributed by atoms with Gasteiger partial charge in [0.2, 0.25) is 0 Å². The van der Waals surface area contributed by atoms with Gasteiger partial charge in [0.25, 0.3) is 10.0 Å². The third-order valence-electron chi connectivity index (χ3n) is 6.13. The van der Waals surface area contributed by atoms with Crippen molar-refractivity contribution in [2.24, 2.45) is 7.05 Å². The van der Waals surface area contributed by atoms with E-state index in [0.29, 0.717) is 19.0 Å². The average Bonchev–Trinajstić information content (AvgIpc) is 3.16. The van der Waals surface area contributed by atoms with E-state index in [9.17, 15) is 8.42 Å². The summed E-state index contributed by atoms with van der Waals surface area (Å²) >= 11 is 0. The first-order valence-electron chi connectivity index (χ1n) is 9.83. The predicted molar refractivity (Wildman–Crippen MR) is 112 cm³/mol. The van der Waals surface area contributed by atoms with Crippen LogP contribution < -0.4 is 5.32 Å². The normalized spacial score (nSPS) is 24.3. The molecule has 2 atom stereocenters. The monoisotopic (exact) mass is 408 g/mol. The first-order chi connectivity index (χ1) is 13.9. The molecule has 6 rings (SSSR count). The van der Waals surface area contributed by atoms with Gasteiger partial charge in [0.05, 0.1) is 6.33 Å². The lowest BCUT2D eigenvalue weighted by molar-refractivity contribution is 0.101. The third kappa shape index (κ3) is 3.10. The van der Waals surface area contributed by atoms with Gasteiger partial charge < -0.3 is 9.88 Å². The van der Waals surface area contributed by atoms with Gasteiger partial charge in [-0.05, 0) is 29.2 Å². The van der Waals surface area contributed by atoms with Crippen molar-refractivity contribution in [2.75, 3.05) is 13.1 Å². The van der Waals surface area contributed by atoms with Crippen LogP contribution in [0.25, 0.3) is 11.1 Å². The summed E-state index contributed by atoms with van der Waals surface area (Å²) in [5, 5.41) is 3.64. The number of nitrogens with one attached hydrogen (secondary N) is 1. The van der Waals surface area contributed by atoms with Crippen molar-refractivity contribution in [2.45, 2.75) is 30.0 Å². The van der Waals surface area contributed by atoms with Crippen molar-refractivity contribution < 1.29 is 8.42 Å². The molecule has 29 heavy (non-hydrogen) atoms. The Balaban J connectivity index is 1.33. The summed E-state index contributed by atoms with van der Waals surface area (Å²) in [6.45, 7) is 3.07. The van der Waals surface area contributed by atoms with Crippen LogP contribution in [0.5, 0.6) is 0 Å². The highest BCUT2D eigenvalue weighted by atomic mass is 32.2. The number of aromatic nitrogens is 2. The van der Waals surface area contributed by atoms with Crippen LogP contribution in [0.3, 0.4) is 0 Å². The van der Waals surface area contributed by atoms with E-state index in [1.807, 2.05) is 0 Å². The largest absolute Gasteiger partial charge is 0.339 e. The number of aryl methyl sites for hydroxylation is 2. The predicted octanol–water partition coefficient (Wildman–Crippen LogP) is 2.52. The number of rotatable bonds is 4. The third-order valence-corrected chi connectivity index (χ3v) is 7.85. The molecule has 2 bridgehead atoms. The minimum Gasteiger partial charge on any atom is -0.339 e. The van der Waals surface area contributed by atoms with Crippen molar-refractivity contribution in [3.05, 3.63) is 72.2 Å². The number of fused-ring (bicyclic) bond motifs is 2. The van der Waals surface area contributed by atoms with Gasteiger partial charge in [-0.1, -0.05) is 48.5 Å².